The Balaban J connectivity index is 4.18. The number of nitrogens with one attached hydrogen (secondary N) is 2. The van der Waals surface area contributed by atoms with E-state index in [1.165, 1.54) is 0 Å². The maximum atomic E-state index is 11.5. The Morgan fingerprint density at radius 2 is 2.00 bits per heavy atom. The topological polar surface area (TPSA) is 84.5 Å². The molecule has 0 aliphatic heterocycles. The van der Waals surface area contributed by atoms with Crippen LogP contribution in [0, 0.1) is 5.92 Å². The molecule has 0 aliphatic carbocycles. The van der Waals surface area contributed by atoms with E-state index in [9.17, 15) is 13.2 Å². The number of rotatable bonds is 8. The van der Waals surface area contributed by atoms with Gasteiger partial charge in [-0.2, -0.15) is 13.1 Å². The number of carbonyl (C=O) groups excluding carboxylic acids is 1. The average Bonchev–Trinajstić information content (AvgIpc) is 2.22. The first kappa shape index (κ1) is 17.7. The molecule has 0 aromatic carbocycles. The third kappa shape index (κ3) is 8.71. The van der Waals surface area contributed by atoms with Gasteiger partial charge in [0.2, 0.25) is 0 Å². The summed E-state index contributed by atoms with van der Waals surface area (Å²) in [7, 11) is -3.84. The van der Waals surface area contributed by atoms with E-state index in [0.717, 1.165) is 18.2 Å². The first-order chi connectivity index (χ1) is 8.30. The second kappa shape index (κ2) is 8.71. The van der Waals surface area contributed by atoms with Gasteiger partial charge in [-0.25, -0.2) is 9.52 Å². The van der Waals surface area contributed by atoms with Gasteiger partial charge in [-0.3, -0.25) is 0 Å². The van der Waals surface area contributed by atoms with Crippen LogP contribution in [0.4, 0.5) is 4.79 Å². The highest BCUT2D eigenvalue weighted by Gasteiger charge is 2.17. The summed E-state index contributed by atoms with van der Waals surface area (Å²) in [5.41, 5.74) is 0. The molecular weight excluding hydrogens is 324 g/mol. The van der Waals surface area contributed by atoms with Crippen LogP contribution < -0.4 is 9.44 Å². The van der Waals surface area contributed by atoms with Crippen LogP contribution in [-0.2, 0) is 14.9 Å². The third-order valence-electron chi connectivity index (χ3n) is 2.22. The summed E-state index contributed by atoms with van der Waals surface area (Å²) in [5, 5.41) is 0.816. The average molecular weight is 345 g/mol. The minimum Gasteiger partial charge on any atom is -0.446 e. The number of hydrogen-bond acceptors (Lipinski definition) is 4. The van der Waals surface area contributed by atoms with E-state index in [0.29, 0.717) is 6.54 Å². The quantitative estimate of drug-likeness (QED) is 0.657. The first-order valence-electron chi connectivity index (χ1n) is 5.84. The summed E-state index contributed by atoms with van der Waals surface area (Å²) in [5.74, 6) is 0.238. The lowest BCUT2D eigenvalue weighted by Crippen LogP contribution is -2.42. The fourth-order valence-corrected chi connectivity index (χ4v) is 2.66. The van der Waals surface area contributed by atoms with Crippen LogP contribution in [0.2, 0.25) is 0 Å². The number of carbonyl (C=O) groups is 1. The van der Waals surface area contributed by atoms with Gasteiger partial charge < -0.3 is 4.74 Å². The first-order valence-corrected chi connectivity index (χ1v) is 8.45. The van der Waals surface area contributed by atoms with E-state index in [1.807, 2.05) is 6.92 Å². The van der Waals surface area contributed by atoms with Gasteiger partial charge in [0.25, 0.3) is 0 Å². The molecule has 18 heavy (non-hydrogen) atoms. The smallest absolute Gasteiger partial charge is 0.422 e. The Hall–Kier alpha value is -0.340. The minimum absolute atomic E-state index is 0.238. The predicted molar refractivity (Wildman–Crippen MR) is 73.9 cm³/mol. The molecule has 0 aromatic rings. The Kier molecular flexibility index (Phi) is 8.54. The number of halogens is 1. The highest BCUT2D eigenvalue weighted by atomic mass is 79.9. The minimum atomic E-state index is -3.84. The van der Waals surface area contributed by atoms with Gasteiger partial charge in [0, 0.05) is 11.9 Å². The highest BCUT2D eigenvalue weighted by molar-refractivity contribution is 9.09. The van der Waals surface area contributed by atoms with Gasteiger partial charge in [-0.1, -0.05) is 29.3 Å². The zero-order chi connectivity index (χ0) is 14.2. The molecular formula is C10H21BrN2O4S. The van der Waals surface area contributed by atoms with Crippen molar-refractivity contribution in [3.63, 3.8) is 0 Å². The normalized spacial score (nSPS) is 13.4. The van der Waals surface area contributed by atoms with E-state index >= 15 is 0 Å². The molecule has 0 aromatic heterocycles. The van der Waals surface area contributed by atoms with Gasteiger partial charge >= 0.3 is 16.3 Å². The Morgan fingerprint density at radius 3 is 2.44 bits per heavy atom. The predicted octanol–water partition coefficient (Wildman–Crippen LogP) is 1.77. The number of alkyl halides is 1. The maximum absolute atomic E-state index is 11.5. The van der Waals surface area contributed by atoms with Crippen LogP contribution >= 0.6 is 15.9 Å². The van der Waals surface area contributed by atoms with Crippen molar-refractivity contribution in [3.8, 4) is 0 Å². The van der Waals surface area contributed by atoms with Crippen molar-refractivity contribution in [2.45, 2.75) is 39.7 Å². The molecule has 0 fully saturated rings. The standard InChI is InChI=1S/C10H21BrN2O4S/c1-4-9(5-6-11)7-12-18(15,16)13-10(14)17-8(2)3/h8-9,12H,4-7H2,1-3H3,(H,13,14). The van der Waals surface area contributed by atoms with Crippen LogP contribution in [0.3, 0.4) is 0 Å². The molecule has 0 aliphatic rings. The molecule has 0 rings (SSSR count). The molecule has 6 nitrogen and oxygen atoms in total. The van der Waals surface area contributed by atoms with Gasteiger partial charge in [0.1, 0.15) is 0 Å². The Morgan fingerprint density at radius 1 is 1.39 bits per heavy atom. The molecule has 0 saturated heterocycles. The highest BCUT2D eigenvalue weighted by Crippen LogP contribution is 2.08. The van der Waals surface area contributed by atoms with Crippen molar-refractivity contribution in [2.24, 2.45) is 5.92 Å². The second-order valence-electron chi connectivity index (χ2n) is 4.16. The van der Waals surface area contributed by atoms with Crippen LogP contribution in [0.15, 0.2) is 0 Å². The molecule has 108 valence electrons. The number of ether oxygens (including phenoxy) is 1. The molecule has 0 spiro atoms. The molecule has 0 heterocycles. The van der Waals surface area contributed by atoms with E-state index in [1.54, 1.807) is 18.6 Å². The Labute approximate surface area is 117 Å². The fourth-order valence-electron chi connectivity index (χ4n) is 1.22. The summed E-state index contributed by atoms with van der Waals surface area (Å²) in [6, 6.07) is 0. The van der Waals surface area contributed by atoms with Crippen LogP contribution in [0.5, 0.6) is 0 Å². The molecule has 0 saturated carbocycles. The summed E-state index contributed by atoms with van der Waals surface area (Å²) in [4.78, 5) is 11.1. The van der Waals surface area contributed by atoms with Crippen molar-refractivity contribution in [1.29, 1.82) is 0 Å². The number of hydrogen-bond donors (Lipinski definition) is 2. The molecule has 2 N–H and O–H groups in total. The molecule has 1 atom stereocenters. The summed E-state index contributed by atoms with van der Waals surface area (Å²) in [6.07, 6.45) is 0.406. The van der Waals surface area contributed by atoms with Crippen molar-refractivity contribution < 1.29 is 17.9 Å². The third-order valence-corrected chi connectivity index (χ3v) is 3.66. The van der Waals surface area contributed by atoms with Gasteiger partial charge in [-0.05, 0) is 26.2 Å². The molecule has 1 unspecified atom stereocenters. The van der Waals surface area contributed by atoms with Crippen molar-refractivity contribution in [2.75, 3.05) is 11.9 Å². The van der Waals surface area contributed by atoms with E-state index < -0.39 is 16.3 Å². The second-order valence-corrected chi connectivity index (χ2v) is 6.45. The zero-order valence-electron chi connectivity index (χ0n) is 10.9. The molecule has 8 heteroatoms. The maximum Gasteiger partial charge on any atom is 0.422 e. The number of amides is 1. The molecule has 0 radical (unpaired) electrons. The van der Waals surface area contributed by atoms with Gasteiger partial charge in [0.05, 0.1) is 6.10 Å². The van der Waals surface area contributed by atoms with Crippen molar-refractivity contribution in [1.82, 2.24) is 9.44 Å². The summed E-state index contributed by atoms with van der Waals surface area (Å²) < 4.78 is 31.9. The monoisotopic (exact) mass is 344 g/mol. The van der Waals surface area contributed by atoms with E-state index in [2.05, 4.69) is 25.4 Å². The molecule has 0 bridgehead atoms. The Bertz CT molecular complexity index is 346. The van der Waals surface area contributed by atoms with Gasteiger partial charge in [-0.15, -0.1) is 0 Å². The summed E-state index contributed by atoms with van der Waals surface area (Å²) >= 11 is 3.31. The van der Waals surface area contributed by atoms with Crippen LogP contribution in [0.25, 0.3) is 0 Å². The van der Waals surface area contributed by atoms with Crippen LogP contribution in [0.1, 0.15) is 33.6 Å². The lowest BCUT2D eigenvalue weighted by atomic mass is 10.0. The zero-order valence-corrected chi connectivity index (χ0v) is 13.3. The van der Waals surface area contributed by atoms with Crippen LogP contribution in [-0.4, -0.2) is 32.5 Å². The van der Waals surface area contributed by atoms with Crippen molar-refractivity contribution >= 4 is 32.2 Å². The van der Waals surface area contributed by atoms with E-state index in [-0.39, 0.29) is 12.0 Å². The van der Waals surface area contributed by atoms with Crippen molar-refractivity contribution in [3.05, 3.63) is 0 Å². The van der Waals surface area contributed by atoms with Gasteiger partial charge in [0.15, 0.2) is 0 Å². The molecule has 1 amide bonds. The van der Waals surface area contributed by atoms with E-state index in [4.69, 9.17) is 0 Å². The lowest BCUT2D eigenvalue weighted by molar-refractivity contribution is 0.121. The largest absolute Gasteiger partial charge is 0.446 e. The summed E-state index contributed by atoms with van der Waals surface area (Å²) in [6.45, 7) is 5.57. The SMILES string of the molecule is CCC(CCBr)CNS(=O)(=O)NC(=O)OC(C)C. The lowest BCUT2D eigenvalue weighted by Gasteiger charge is -2.15. The fraction of sp³-hybridized carbons (Fsp3) is 0.900.